The second-order valence-electron chi connectivity index (χ2n) is 4.19. The maximum atomic E-state index is 13.8. The van der Waals surface area contributed by atoms with Crippen LogP contribution in [-0.4, -0.2) is 7.11 Å². The van der Waals surface area contributed by atoms with Gasteiger partial charge < -0.3 is 15.2 Å². The Kier molecular flexibility index (Phi) is 4.82. The Balaban J connectivity index is 2.19. The number of halogens is 2. The summed E-state index contributed by atoms with van der Waals surface area (Å²) in [6.45, 7) is 0.461. The monoisotopic (exact) mass is 295 g/mol. The molecule has 2 N–H and O–H groups in total. The molecule has 0 saturated heterocycles. The summed E-state index contributed by atoms with van der Waals surface area (Å²) in [5.41, 5.74) is 6.88. The molecule has 5 heteroatoms. The lowest BCUT2D eigenvalue weighted by Crippen LogP contribution is -2.02. The van der Waals surface area contributed by atoms with E-state index in [1.54, 1.807) is 31.4 Å². The normalized spacial score (nSPS) is 10.4. The van der Waals surface area contributed by atoms with E-state index in [2.05, 4.69) is 0 Å². The Hall–Kier alpha value is -1.78. The fourth-order valence-electron chi connectivity index (χ4n) is 1.78. The highest BCUT2D eigenvalue weighted by Gasteiger charge is 2.09. The molecule has 0 bridgehead atoms. The van der Waals surface area contributed by atoms with Crippen LogP contribution in [0.2, 0.25) is 5.02 Å². The molecule has 0 unspecified atom stereocenters. The van der Waals surface area contributed by atoms with Crippen molar-refractivity contribution in [2.24, 2.45) is 5.73 Å². The van der Waals surface area contributed by atoms with Gasteiger partial charge in [0, 0.05) is 12.1 Å². The highest BCUT2D eigenvalue weighted by molar-refractivity contribution is 6.30. The minimum atomic E-state index is -0.469. The van der Waals surface area contributed by atoms with E-state index in [9.17, 15) is 4.39 Å². The molecule has 0 aliphatic heterocycles. The molecule has 0 saturated carbocycles. The van der Waals surface area contributed by atoms with E-state index in [-0.39, 0.29) is 11.6 Å². The Bertz CT molecular complexity index is 604. The predicted octanol–water partition coefficient (Wildman–Crippen LogP) is 3.53. The third-order valence-electron chi connectivity index (χ3n) is 2.88. The minimum Gasteiger partial charge on any atom is -0.493 e. The summed E-state index contributed by atoms with van der Waals surface area (Å²) in [4.78, 5) is 0. The standard InChI is InChI=1S/C15H15ClFNO2/c1-19-13-6-5-10(8-18)7-14(13)20-9-11-3-2-4-12(16)15(11)17/h2-7H,8-9,18H2,1H3. The van der Waals surface area contributed by atoms with Gasteiger partial charge in [0.1, 0.15) is 12.4 Å². The number of hydrogen-bond donors (Lipinski definition) is 1. The van der Waals surface area contributed by atoms with Crippen molar-refractivity contribution in [2.45, 2.75) is 13.2 Å². The summed E-state index contributed by atoms with van der Waals surface area (Å²) in [6, 6.07) is 10.2. The highest BCUT2D eigenvalue weighted by atomic mass is 35.5. The topological polar surface area (TPSA) is 44.5 Å². The van der Waals surface area contributed by atoms with Crippen LogP contribution in [0.1, 0.15) is 11.1 Å². The number of hydrogen-bond acceptors (Lipinski definition) is 3. The van der Waals surface area contributed by atoms with Gasteiger partial charge >= 0.3 is 0 Å². The van der Waals surface area contributed by atoms with Crippen LogP contribution >= 0.6 is 11.6 Å². The first-order chi connectivity index (χ1) is 9.65. The van der Waals surface area contributed by atoms with E-state index in [1.165, 1.54) is 6.07 Å². The quantitative estimate of drug-likeness (QED) is 0.918. The molecule has 0 aliphatic rings. The van der Waals surface area contributed by atoms with Gasteiger partial charge in [-0.05, 0) is 23.8 Å². The summed E-state index contributed by atoms with van der Waals surface area (Å²) >= 11 is 5.73. The van der Waals surface area contributed by atoms with E-state index in [0.717, 1.165) is 5.56 Å². The Labute approximate surface area is 122 Å². The molecule has 2 aromatic carbocycles. The maximum Gasteiger partial charge on any atom is 0.161 e. The van der Waals surface area contributed by atoms with Crippen LogP contribution in [0.5, 0.6) is 11.5 Å². The van der Waals surface area contributed by atoms with Crippen molar-refractivity contribution in [1.29, 1.82) is 0 Å². The average Bonchev–Trinajstić information content (AvgIpc) is 2.48. The summed E-state index contributed by atoms with van der Waals surface area (Å²) < 4.78 is 24.6. The molecule has 0 fully saturated rings. The van der Waals surface area contributed by atoms with Gasteiger partial charge in [0.2, 0.25) is 0 Å². The lowest BCUT2D eigenvalue weighted by atomic mass is 10.2. The van der Waals surface area contributed by atoms with Gasteiger partial charge in [-0.1, -0.05) is 29.8 Å². The molecular formula is C15H15ClFNO2. The van der Waals surface area contributed by atoms with Crippen LogP contribution < -0.4 is 15.2 Å². The van der Waals surface area contributed by atoms with Crippen LogP contribution in [0.4, 0.5) is 4.39 Å². The van der Waals surface area contributed by atoms with E-state index in [0.29, 0.717) is 23.6 Å². The van der Waals surface area contributed by atoms with Crippen LogP contribution in [0.25, 0.3) is 0 Å². The summed E-state index contributed by atoms with van der Waals surface area (Å²) in [5.74, 6) is 0.627. The van der Waals surface area contributed by atoms with E-state index in [4.69, 9.17) is 26.8 Å². The number of benzene rings is 2. The first kappa shape index (κ1) is 14.6. The van der Waals surface area contributed by atoms with Crippen molar-refractivity contribution in [3.8, 4) is 11.5 Å². The number of ether oxygens (including phenoxy) is 2. The molecule has 0 aromatic heterocycles. The molecule has 0 amide bonds. The molecule has 0 spiro atoms. The van der Waals surface area contributed by atoms with Crippen LogP contribution in [0.15, 0.2) is 36.4 Å². The van der Waals surface area contributed by atoms with Crippen molar-refractivity contribution in [3.05, 3.63) is 58.4 Å². The molecule has 106 valence electrons. The summed E-state index contributed by atoms with van der Waals surface area (Å²) in [5, 5.41) is 0.0776. The van der Waals surface area contributed by atoms with Crippen LogP contribution in [0, 0.1) is 5.82 Å². The molecule has 3 nitrogen and oxygen atoms in total. The molecule has 2 aromatic rings. The smallest absolute Gasteiger partial charge is 0.161 e. The summed E-state index contributed by atoms with van der Waals surface area (Å²) in [7, 11) is 1.55. The molecule has 20 heavy (non-hydrogen) atoms. The van der Waals surface area contributed by atoms with Gasteiger partial charge in [-0.25, -0.2) is 4.39 Å². The lowest BCUT2D eigenvalue weighted by Gasteiger charge is -2.12. The van der Waals surface area contributed by atoms with Gasteiger partial charge in [0.15, 0.2) is 11.5 Å². The molecule has 2 rings (SSSR count). The van der Waals surface area contributed by atoms with Crippen molar-refractivity contribution < 1.29 is 13.9 Å². The first-order valence-corrected chi connectivity index (χ1v) is 6.46. The maximum absolute atomic E-state index is 13.8. The van der Waals surface area contributed by atoms with Crippen LogP contribution in [-0.2, 0) is 13.2 Å². The Morgan fingerprint density at radius 2 is 2.00 bits per heavy atom. The molecule has 0 atom stereocenters. The van der Waals surface area contributed by atoms with E-state index in [1.807, 2.05) is 6.07 Å². The minimum absolute atomic E-state index is 0.0662. The van der Waals surface area contributed by atoms with Gasteiger partial charge in [-0.3, -0.25) is 0 Å². The van der Waals surface area contributed by atoms with Gasteiger partial charge in [0.05, 0.1) is 12.1 Å². The van der Waals surface area contributed by atoms with Gasteiger partial charge in [0.25, 0.3) is 0 Å². The lowest BCUT2D eigenvalue weighted by molar-refractivity contribution is 0.279. The largest absolute Gasteiger partial charge is 0.493 e. The Morgan fingerprint density at radius 3 is 2.70 bits per heavy atom. The zero-order chi connectivity index (χ0) is 14.5. The Morgan fingerprint density at radius 1 is 1.20 bits per heavy atom. The van der Waals surface area contributed by atoms with Crippen molar-refractivity contribution in [2.75, 3.05) is 7.11 Å². The SMILES string of the molecule is COc1ccc(CN)cc1OCc1cccc(Cl)c1F. The fraction of sp³-hybridized carbons (Fsp3) is 0.200. The number of rotatable bonds is 5. The molecule has 0 heterocycles. The highest BCUT2D eigenvalue weighted by Crippen LogP contribution is 2.29. The number of nitrogens with two attached hydrogens (primary N) is 1. The van der Waals surface area contributed by atoms with Gasteiger partial charge in [-0.15, -0.1) is 0 Å². The zero-order valence-electron chi connectivity index (χ0n) is 11.0. The average molecular weight is 296 g/mol. The summed E-state index contributed by atoms with van der Waals surface area (Å²) in [6.07, 6.45) is 0. The third kappa shape index (κ3) is 3.21. The fourth-order valence-corrected chi connectivity index (χ4v) is 1.97. The molecular weight excluding hydrogens is 281 g/mol. The van der Waals surface area contributed by atoms with E-state index < -0.39 is 5.82 Å². The van der Waals surface area contributed by atoms with E-state index >= 15 is 0 Å². The van der Waals surface area contributed by atoms with Crippen molar-refractivity contribution in [3.63, 3.8) is 0 Å². The van der Waals surface area contributed by atoms with Crippen LogP contribution in [0.3, 0.4) is 0 Å². The second kappa shape index (κ2) is 6.59. The third-order valence-corrected chi connectivity index (χ3v) is 3.17. The van der Waals surface area contributed by atoms with Crippen molar-refractivity contribution in [1.82, 2.24) is 0 Å². The number of methoxy groups -OCH3 is 1. The van der Waals surface area contributed by atoms with Gasteiger partial charge in [-0.2, -0.15) is 0 Å². The van der Waals surface area contributed by atoms with Crippen molar-refractivity contribution >= 4 is 11.6 Å². The molecule has 0 radical (unpaired) electrons. The predicted molar refractivity (Wildman–Crippen MR) is 76.6 cm³/mol. The first-order valence-electron chi connectivity index (χ1n) is 6.08. The second-order valence-corrected chi connectivity index (χ2v) is 4.60. The molecule has 0 aliphatic carbocycles. The zero-order valence-corrected chi connectivity index (χ0v) is 11.8.